The smallest absolute Gasteiger partial charge is 0.356 e. The number of alkyl halides is 3. The first-order chi connectivity index (χ1) is 8.81. The van der Waals surface area contributed by atoms with Gasteiger partial charge in [-0.1, -0.05) is 0 Å². The summed E-state index contributed by atoms with van der Waals surface area (Å²) in [5.74, 6) is 0.424. The Kier molecular flexibility index (Phi) is 7.91. The summed E-state index contributed by atoms with van der Waals surface area (Å²) in [5, 5.41) is 6.71. The van der Waals surface area contributed by atoms with Crippen molar-refractivity contribution < 1.29 is 13.2 Å². The van der Waals surface area contributed by atoms with Crippen LogP contribution in [0.1, 0.15) is 12.0 Å². The van der Waals surface area contributed by atoms with Gasteiger partial charge < -0.3 is 10.2 Å². The number of rotatable bonds is 4. The third-order valence-corrected chi connectivity index (χ3v) is 2.44. The molecule has 1 N–H and O–H groups in total. The number of aromatic nitrogens is 2. The summed E-state index contributed by atoms with van der Waals surface area (Å²) in [6.07, 6.45) is -1.49. The van der Waals surface area contributed by atoms with Crippen molar-refractivity contribution in [3.63, 3.8) is 0 Å². The van der Waals surface area contributed by atoms with Crippen LogP contribution in [0.2, 0.25) is 0 Å². The molecule has 0 atom stereocenters. The van der Waals surface area contributed by atoms with Crippen LogP contribution in [-0.2, 0) is 13.6 Å². The molecule has 0 aromatic carbocycles. The van der Waals surface area contributed by atoms with E-state index in [9.17, 15) is 13.2 Å². The van der Waals surface area contributed by atoms with Crippen molar-refractivity contribution >= 4 is 29.9 Å². The number of aryl methyl sites for hydroxylation is 1. The maximum Gasteiger partial charge on any atom is 0.390 e. The number of guanidine groups is 1. The van der Waals surface area contributed by atoms with Gasteiger partial charge in [0.25, 0.3) is 0 Å². The fourth-order valence-electron chi connectivity index (χ4n) is 1.60. The first-order valence-electron chi connectivity index (χ1n) is 5.78. The van der Waals surface area contributed by atoms with E-state index in [0.717, 1.165) is 5.56 Å². The Morgan fingerprint density at radius 1 is 1.50 bits per heavy atom. The fraction of sp³-hybridized carbons (Fsp3) is 0.636. The standard InChI is InChI=1S/C11H18F3N5.HI/c1-15-10(16-5-4-11(12,13)14)18(2)7-9-6-17-19(3)8-9;/h6,8H,4-5,7H2,1-3H3,(H,15,16);1H. The lowest BCUT2D eigenvalue weighted by Gasteiger charge is -2.21. The Morgan fingerprint density at radius 3 is 2.60 bits per heavy atom. The third kappa shape index (κ3) is 6.96. The third-order valence-electron chi connectivity index (χ3n) is 2.44. The number of hydrogen-bond acceptors (Lipinski definition) is 2. The van der Waals surface area contributed by atoms with Crippen molar-refractivity contribution in [3.05, 3.63) is 18.0 Å². The molecule has 5 nitrogen and oxygen atoms in total. The molecule has 0 aliphatic rings. The number of nitrogens with zero attached hydrogens (tertiary/aromatic N) is 4. The van der Waals surface area contributed by atoms with Crippen LogP contribution in [-0.4, -0.2) is 47.5 Å². The summed E-state index contributed by atoms with van der Waals surface area (Å²) in [6.45, 7) is 0.340. The summed E-state index contributed by atoms with van der Waals surface area (Å²) in [4.78, 5) is 5.69. The Hall–Kier alpha value is -1.00. The highest BCUT2D eigenvalue weighted by molar-refractivity contribution is 14.0. The molecule has 0 saturated heterocycles. The van der Waals surface area contributed by atoms with E-state index in [1.165, 1.54) is 7.05 Å². The van der Waals surface area contributed by atoms with E-state index in [2.05, 4.69) is 15.4 Å². The van der Waals surface area contributed by atoms with Gasteiger partial charge in [0.15, 0.2) is 5.96 Å². The fourth-order valence-corrected chi connectivity index (χ4v) is 1.60. The van der Waals surface area contributed by atoms with Crippen LogP contribution in [0.3, 0.4) is 0 Å². The molecule has 0 aliphatic carbocycles. The van der Waals surface area contributed by atoms with Crippen LogP contribution < -0.4 is 5.32 Å². The zero-order valence-electron chi connectivity index (χ0n) is 11.6. The quantitative estimate of drug-likeness (QED) is 0.474. The van der Waals surface area contributed by atoms with E-state index in [0.29, 0.717) is 12.5 Å². The van der Waals surface area contributed by atoms with Gasteiger partial charge in [0.2, 0.25) is 0 Å². The predicted molar refractivity (Wildman–Crippen MR) is 82.1 cm³/mol. The first-order valence-corrected chi connectivity index (χ1v) is 5.78. The van der Waals surface area contributed by atoms with Gasteiger partial charge in [0.05, 0.1) is 12.6 Å². The Balaban J connectivity index is 0.00000361. The van der Waals surface area contributed by atoms with Gasteiger partial charge in [-0.05, 0) is 0 Å². The highest BCUT2D eigenvalue weighted by Gasteiger charge is 2.26. The second kappa shape index (κ2) is 8.32. The molecule has 0 unspecified atom stereocenters. The molecule has 1 rings (SSSR count). The first kappa shape index (κ1) is 19.0. The minimum atomic E-state index is -4.16. The second-order valence-corrected chi connectivity index (χ2v) is 4.22. The zero-order chi connectivity index (χ0) is 14.5. The van der Waals surface area contributed by atoms with Crippen LogP contribution >= 0.6 is 24.0 Å². The molecular weight excluding hydrogens is 386 g/mol. The van der Waals surface area contributed by atoms with Gasteiger partial charge in [-0.2, -0.15) is 18.3 Å². The van der Waals surface area contributed by atoms with Gasteiger partial charge in [-0.25, -0.2) is 0 Å². The molecule has 0 spiro atoms. The number of hydrogen-bond donors (Lipinski definition) is 1. The van der Waals surface area contributed by atoms with Crippen LogP contribution in [0.4, 0.5) is 13.2 Å². The van der Waals surface area contributed by atoms with Crippen LogP contribution in [0.15, 0.2) is 17.4 Å². The van der Waals surface area contributed by atoms with E-state index in [1.54, 1.807) is 29.9 Å². The van der Waals surface area contributed by atoms with Crippen molar-refractivity contribution in [2.24, 2.45) is 12.0 Å². The molecule has 0 amide bonds. The lowest BCUT2D eigenvalue weighted by atomic mass is 10.3. The summed E-state index contributed by atoms with van der Waals surface area (Å²) >= 11 is 0. The van der Waals surface area contributed by atoms with Gasteiger partial charge >= 0.3 is 6.18 Å². The second-order valence-electron chi connectivity index (χ2n) is 4.22. The molecule has 9 heteroatoms. The highest BCUT2D eigenvalue weighted by Crippen LogP contribution is 2.18. The molecule has 20 heavy (non-hydrogen) atoms. The van der Waals surface area contributed by atoms with Crippen molar-refractivity contribution in [2.45, 2.75) is 19.1 Å². The van der Waals surface area contributed by atoms with Crippen molar-refractivity contribution in [1.82, 2.24) is 20.0 Å². The predicted octanol–water partition coefficient (Wildman–Crippen LogP) is 2.00. The van der Waals surface area contributed by atoms with Gasteiger partial charge in [-0.15, -0.1) is 24.0 Å². The average molecular weight is 405 g/mol. The molecule has 1 aromatic heterocycles. The lowest BCUT2D eigenvalue weighted by Crippen LogP contribution is -2.39. The maximum atomic E-state index is 12.1. The van der Waals surface area contributed by atoms with Gasteiger partial charge in [0, 0.05) is 46.0 Å². The normalized spacial score (nSPS) is 12.0. The van der Waals surface area contributed by atoms with E-state index in [-0.39, 0.29) is 30.5 Å². The number of nitrogens with one attached hydrogen (secondary N) is 1. The summed E-state index contributed by atoms with van der Waals surface area (Å²) < 4.78 is 37.8. The molecule has 0 bridgehead atoms. The van der Waals surface area contributed by atoms with E-state index in [1.807, 2.05) is 6.20 Å². The van der Waals surface area contributed by atoms with E-state index in [4.69, 9.17) is 0 Å². The minimum absolute atomic E-state index is 0. The van der Waals surface area contributed by atoms with Crippen molar-refractivity contribution in [1.29, 1.82) is 0 Å². The molecular formula is C11H19F3IN5. The number of halogens is 4. The SMILES string of the molecule is CN=C(NCCC(F)(F)F)N(C)Cc1cnn(C)c1.I. The van der Waals surface area contributed by atoms with Crippen LogP contribution in [0, 0.1) is 0 Å². The highest BCUT2D eigenvalue weighted by atomic mass is 127. The topological polar surface area (TPSA) is 45.5 Å². The van der Waals surface area contributed by atoms with Crippen LogP contribution in [0.25, 0.3) is 0 Å². The van der Waals surface area contributed by atoms with Gasteiger partial charge in [-0.3, -0.25) is 9.67 Å². The molecule has 0 saturated carbocycles. The largest absolute Gasteiger partial charge is 0.390 e. The molecule has 0 radical (unpaired) electrons. The monoisotopic (exact) mass is 405 g/mol. The molecule has 116 valence electrons. The zero-order valence-corrected chi connectivity index (χ0v) is 13.9. The van der Waals surface area contributed by atoms with E-state index < -0.39 is 12.6 Å². The number of aliphatic imine (C=N–C) groups is 1. The van der Waals surface area contributed by atoms with Gasteiger partial charge in [0.1, 0.15) is 0 Å². The minimum Gasteiger partial charge on any atom is -0.356 e. The van der Waals surface area contributed by atoms with Crippen molar-refractivity contribution in [2.75, 3.05) is 20.6 Å². The van der Waals surface area contributed by atoms with Crippen LogP contribution in [0.5, 0.6) is 0 Å². The molecule has 0 aliphatic heterocycles. The van der Waals surface area contributed by atoms with E-state index >= 15 is 0 Å². The summed E-state index contributed by atoms with van der Waals surface area (Å²) in [6, 6.07) is 0. The van der Waals surface area contributed by atoms with Crippen molar-refractivity contribution in [3.8, 4) is 0 Å². The molecule has 1 heterocycles. The maximum absolute atomic E-state index is 12.1. The molecule has 1 aromatic rings. The summed E-state index contributed by atoms with van der Waals surface area (Å²) in [5.41, 5.74) is 0.962. The molecule has 0 fully saturated rings. The lowest BCUT2D eigenvalue weighted by molar-refractivity contribution is -0.132. The Bertz CT molecular complexity index is 430. The summed E-state index contributed by atoms with van der Waals surface area (Å²) in [7, 11) is 5.10. The Labute approximate surface area is 133 Å². The average Bonchev–Trinajstić information content (AvgIpc) is 2.68. The Morgan fingerprint density at radius 2 is 2.15 bits per heavy atom.